The lowest BCUT2D eigenvalue weighted by molar-refractivity contribution is 0.102. The Morgan fingerprint density at radius 2 is 1.80 bits per heavy atom. The average Bonchev–Trinajstić information content (AvgIpc) is 3.59. The predicted octanol–water partition coefficient (Wildman–Crippen LogP) is 3.58. The summed E-state index contributed by atoms with van der Waals surface area (Å²) in [5.41, 5.74) is 4.26. The van der Waals surface area contributed by atoms with Gasteiger partial charge in [0.1, 0.15) is 11.4 Å². The molecule has 1 amide bonds. The quantitative estimate of drug-likeness (QED) is 0.325. The third kappa shape index (κ3) is 5.23. The van der Waals surface area contributed by atoms with Crippen molar-refractivity contribution < 1.29 is 13.2 Å². The molecular weight excluding hydrogens is 528 g/mol. The standard InChI is InChI=1S/C28H28N8O3S/c1-20-3-5-23(6-4-20)36-26(32-28(37)24-18-31-35-14-2-11-30-27(24)35)17-25(33-36)22-9-15-34(16-10-22)40(38,39)19-21-7-12-29-13-8-21/h2-8,11-14,17-18,22H,9-10,15-16,19H2,1H3,(H,32,37). The van der Waals surface area contributed by atoms with Crippen molar-refractivity contribution in [2.24, 2.45) is 0 Å². The van der Waals surface area contributed by atoms with E-state index in [1.807, 2.05) is 37.3 Å². The van der Waals surface area contributed by atoms with Crippen LogP contribution in [0.4, 0.5) is 5.82 Å². The van der Waals surface area contributed by atoms with Gasteiger partial charge in [0.25, 0.3) is 5.91 Å². The van der Waals surface area contributed by atoms with Gasteiger partial charge in [-0.25, -0.2) is 26.9 Å². The molecule has 0 saturated carbocycles. The predicted molar refractivity (Wildman–Crippen MR) is 150 cm³/mol. The third-order valence-electron chi connectivity index (χ3n) is 7.14. The fraction of sp³-hybridized carbons (Fsp3) is 0.250. The summed E-state index contributed by atoms with van der Waals surface area (Å²) in [6.07, 6.45) is 9.31. The molecule has 5 aromatic rings. The number of hydrogen-bond donors (Lipinski definition) is 1. The van der Waals surface area contributed by atoms with Crippen molar-refractivity contribution in [3.05, 3.63) is 102 Å². The number of rotatable bonds is 7. The van der Waals surface area contributed by atoms with E-state index in [1.165, 1.54) is 6.20 Å². The Labute approximate surface area is 231 Å². The van der Waals surface area contributed by atoms with Gasteiger partial charge >= 0.3 is 0 Å². The summed E-state index contributed by atoms with van der Waals surface area (Å²) in [7, 11) is -3.44. The van der Waals surface area contributed by atoms with Crippen LogP contribution in [0.15, 0.2) is 79.5 Å². The second-order valence-corrected chi connectivity index (χ2v) is 11.9. The molecule has 1 N–H and O–H groups in total. The van der Waals surface area contributed by atoms with E-state index in [9.17, 15) is 13.2 Å². The number of nitrogens with zero attached hydrogens (tertiary/aromatic N) is 7. The minimum Gasteiger partial charge on any atom is -0.306 e. The second kappa shape index (κ2) is 10.6. The number of pyridine rings is 1. The van der Waals surface area contributed by atoms with E-state index in [4.69, 9.17) is 5.10 Å². The van der Waals surface area contributed by atoms with Crippen molar-refractivity contribution in [2.45, 2.75) is 31.4 Å². The molecule has 0 atom stereocenters. The van der Waals surface area contributed by atoms with Gasteiger partial charge in [-0.15, -0.1) is 0 Å². The molecule has 0 aliphatic carbocycles. The Morgan fingerprint density at radius 1 is 1.05 bits per heavy atom. The lowest BCUT2D eigenvalue weighted by Crippen LogP contribution is -2.38. The van der Waals surface area contributed by atoms with Crippen molar-refractivity contribution in [3.63, 3.8) is 0 Å². The molecule has 0 radical (unpaired) electrons. The van der Waals surface area contributed by atoms with E-state index in [1.54, 1.807) is 56.5 Å². The first kappa shape index (κ1) is 25.8. The Balaban J connectivity index is 1.23. The number of hydrogen-bond acceptors (Lipinski definition) is 7. The zero-order valence-corrected chi connectivity index (χ0v) is 22.7. The molecule has 0 unspecified atom stereocenters. The maximum absolute atomic E-state index is 13.3. The normalized spacial score (nSPS) is 14.9. The summed E-state index contributed by atoms with van der Waals surface area (Å²) in [5.74, 6) is 0.183. The van der Waals surface area contributed by atoms with E-state index in [2.05, 4.69) is 20.4 Å². The molecule has 0 spiro atoms. The number of aryl methyl sites for hydroxylation is 1. The van der Waals surface area contributed by atoms with Gasteiger partial charge in [0.2, 0.25) is 10.0 Å². The van der Waals surface area contributed by atoms with Gasteiger partial charge in [-0.3, -0.25) is 9.78 Å². The molecule has 12 heteroatoms. The highest BCUT2D eigenvalue weighted by Crippen LogP contribution is 2.32. The Kier molecular flexibility index (Phi) is 6.86. The van der Waals surface area contributed by atoms with Crippen molar-refractivity contribution in [1.82, 2.24) is 33.7 Å². The van der Waals surface area contributed by atoms with Crippen LogP contribution >= 0.6 is 0 Å². The molecule has 1 fully saturated rings. The second-order valence-electron chi connectivity index (χ2n) is 9.89. The van der Waals surface area contributed by atoms with Crippen molar-refractivity contribution in [3.8, 4) is 5.69 Å². The molecule has 1 aliphatic rings. The largest absolute Gasteiger partial charge is 0.306 e. The maximum atomic E-state index is 13.3. The first-order chi connectivity index (χ1) is 19.4. The monoisotopic (exact) mass is 556 g/mol. The van der Waals surface area contributed by atoms with Gasteiger partial charge in [0.05, 0.1) is 23.3 Å². The van der Waals surface area contributed by atoms with Crippen LogP contribution in [0.25, 0.3) is 11.3 Å². The number of carbonyl (C=O) groups excluding carboxylic acids is 1. The van der Waals surface area contributed by atoms with Crippen LogP contribution in [-0.2, 0) is 15.8 Å². The smallest absolute Gasteiger partial charge is 0.262 e. The van der Waals surface area contributed by atoms with E-state index >= 15 is 0 Å². The minimum atomic E-state index is -3.44. The first-order valence-corrected chi connectivity index (χ1v) is 14.6. The Morgan fingerprint density at radius 3 is 2.55 bits per heavy atom. The van der Waals surface area contributed by atoms with Gasteiger partial charge in [0.15, 0.2) is 5.65 Å². The zero-order valence-electron chi connectivity index (χ0n) is 21.9. The summed E-state index contributed by atoms with van der Waals surface area (Å²) in [6.45, 7) is 2.83. The zero-order chi connectivity index (χ0) is 27.7. The summed E-state index contributed by atoms with van der Waals surface area (Å²) in [6, 6.07) is 15.0. The fourth-order valence-electron chi connectivity index (χ4n) is 4.95. The van der Waals surface area contributed by atoms with Crippen LogP contribution in [-0.4, -0.2) is 61.1 Å². The van der Waals surface area contributed by atoms with Gasteiger partial charge in [0, 0.05) is 49.9 Å². The topological polar surface area (TPSA) is 127 Å². The van der Waals surface area contributed by atoms with Crippen LogP contribution in [0.2, 0.25) is 0 Å². The molecule has 1 aromatic carbocycles. The number of anilines is 1. The average molecular weight is 557 g/mol. The van der Waals surface area contributed by atoms with Crippen molar-refractivity contribution in [1.29, 1.82) is 0 Å². The highest BCUT2D eigenvalue weighted by molar-refractivity contribution is 7.88. The minimum absolute atomic E-state index is 0.0448. The van der Waals surface area contributed by atoms with Crippen LogP contribution in [0.1, 0.15) is 45.9 Å². The summed E-state index contributed by atoms with van der Waals surface area (Å²) in [5, 5.41) is 12.1. The summed E-state index contributed by atoms with van der Waals surface area (Å²) >= 11 is 0. The number of fused-ring (bicyclic) bond motifs is 1. The molecule has 1 saturated heterocycles. The number of benzene rings is 1. The number of nitrogens with one attached hydrogen (secondary N) is 1. The fourth-order valence-corrected chi connectivity index (χ4v) is 6.52. The summed E-state index contributed by atoms with van der Waals surface area (Å²) < 4.78 is 30.9. The van der Waals surface area contributed by atoms with Crippen LogP contribution in [0.3, 0.4) is 0 Å². The van der Waals surface area contributed by atoms with Gasteiger partial charge in [-0.1, -0.05) is 17.7 Å². The van der Waals surface area contributed by atoms with Gasteiger partial charge in [-0.2, -0.15) is 10.2 Å². The highest BCUT2D eigenvalue weighted by atomic mass is 32.2. The molecule has 6 rings (SSSR count). The van der Waals surface area contributed by atoms with Gasteiger partial charge in [-0.05, 0) is 55.7 Å². The van der Waals surface area contributed by atoms with Crippen LogP contribution in [0, 0.1) is 6.92 Å². The molecular formula is C28H28N8O3S. The van der Waals surface area contributed by atoms with E-state index in [0.717, 1.165) is 22.5 Å². The SMILES string of the molecule is Cc1ccc(-n2nc(C3CCN(S(=O)(=O)Cc4ccncc4)CC3)cc2NC(=O)c2cnn3cccnc23)cc1. The Hall–Kier alpha value is -4.42. The van der Waals surface area contributed by atoms with E-state index in [-0.39, 0.29) is 17.6 Å². The molecule has 1 aliphatic heterocycles. The van der Waals surface area contributed by atoms with Gasteiger partial charge < -0.3 is 5.32 Å². The summed E-state index contributed by atoms with van der Waals surface area (Å²) in [4.78, 5) is 21.5. The lowest BCUT2D eigenvalue weighted by Gasteiger charge is -2.30. The first-order valence-electron chi connectivity index (χ1n) is 13.0. The van der Waals surface area contributed by atoms with Crippen LogP contribution < -0.4 is 5.32 Å². The third-order valence-corrected chi connectivity index (χ3v) is 8.99. The van der Waals surface area contributed by atoms with Crippen molar-refractivity contribution >= 4 is 27.4 Å². The van der Waals surface area contributed by atoms with E-state index < -0.39 is 10.0 Å². The molecule has 11 nitrogen and oxygen atoms in total. The Bertz CT molecular complexity index is 1760. The van der Waals surface area contributed by atoms with Crippen LogP contribution in [0.5, 0.6) is 0 Å². The molecule has 0 bridgehead atoms. The number of piperidine rings is 1. The van der Waals surface area contributed by atoms with E-state index in [0.29, 0.717) is 43.0 Å². The molecule has 204 valence electrons. The number of amides is 1. The molecule has 4 aromatic heterocycles. The highest BCUT2D eigenvalue weighted by Gasteiger charge is 2.30. The number of carbonyl (C=O) groups is 1. The van der Waals surface area contributed by atoms with Crippen molar-refractivity contribution in [2.75, 3.05) is 18.4 Å². The number of aromatic nitrogens is 6. The molecule has 5 heterocycles. The molecule has 40 heavy (non-hydrogen) atoms. The lowest BCUT2D eigenvalue weighted by atomic mass is 9.95. The number of sulfonamides is 1. The maximum Gasteiger partial charge on any atom is 0.262 e.